The average Bonchev–Trinajstić information content (AvgIpc) is 2.75. The SMILES string of the molecule is Cc1ccc(NC(=O)c2cc(C)nc3c2c(C)nn3C)cc1. The predicted molar refractivity (Wildman–Crippen MR) is 87.1 cm³/mol. The number of rotatable bonds is 2. The number of carbonyl (C=O) groups excluding carboxylic acids is 1. The summed E-state index contributed by atoms with van der Waals surface area (Å²) >= 11 is 0. The van der Waals surface area contributed by atoms with Crippen molar-refractivity contribution in [3.8, 4) is 0 Å². The number of nitrogens with one attached hydrogen (secondary N) is 1. The van der Waals surface area contributed by atoms with Gasteiger partial charge in [-0.15, -0.1) is 0 Å². The van der Waals surface area contributed by atoms with Gasteiger partial charge in [-0.1, -0.05) is 17.7 Å². The summed E-state index contributed by atoms with van der Waals surface area (Å²) < 4.78 is 1.71. The van der Waals surface area contributed by atoms with E-state index < -0.39 is 0 Å². The van der Waals surface area contributed by atoms with E-state index >= 15 is 0 Å². The lowest BCUT2D eigenvalue weighted by Gasteiger charge is -2.08. The Hall–Kier alpha value is -2.69. The number of aromatic nitrogens is 3. The van der Waals surface area contributed by atoms with E-state index in [1.165, 1.54) is 0 Å². The molecule has 5 heteroatoms. The Labute approximate surface area is 129 Å². The van der Waals surface area contributed by atoms with Crippen LogP contribution in [0.25, 0.3) is 11.0 Å². The molecule has 0 unspecified atom stereocenters. The van der Waals surface area contributed by atoms with Gasteiger partial charge in [0.2, 0.25) is 0 Å². The predicted octanol–water partition coefficient (Wildman–Crippen LogP) is 3.15. The summed E-state index contributed by atoms with van der Waals surface area (Å²) in [6, 6.07) is 9.54. The van der Waals surface area contributed by atoms with Crippen molar-refractivity contribution in [3.05, 3.63) is 52.8 Å². The summed E-state index contributed by atoms with van der Waals surface area (Å²) in [4.78, 5) is 17.1. The van der Waals surface area contributed by atoms with Crippen LogP contribution in [0.3, 0.4) is 0 Å². The fourth-order valence-corrected chi connectivity index (χ4v) is 2.58. The highest BCUT2D eigenvalue weighted by Crippen LogP contribution is 2.22. The molecule has 0 aliphatic carbocycles. The minimum Gasteiger partial charge on any atom is -0.322 e. The summed E-state index contributed by atoms with van der Waals surface area (Å²) in [5.74, 6) is -0.143. The van der Waals surface area contributed by atoms with Crippen LogP contribution >= 0.6 is 0 Å². The van der Waals surface area contributed by atoms with Gasteiger partial charge in [0.05, 0.1) is 16.6 Å². The zero-order chi connectivity index (χ0) is 15.9. The second-order valence-corrected chi connectivity index (χ2v) is 5.54. The smallest absolute Gasteiger partial charge is 0.256 e. The molecule has 0 radical (unpaired) electrons. The monoisotopic (exact) mass is 294 g/mol. The van der Waals surface area contributed by atoms with Crippen LogP contribution in [0.15, 0.2) is 30.3 Å². The first-order chi connectivity index (χ1) is 10.5. The zero-order valence-corrected chi connectivity index (χ0v) is 13.1. The van der Waals surface area contributed by atoms with Crippen LogP contribution in [0.2, 0.25) is 0 Å². The van der Waals surface area contributed by atoms with E-state index in [4.69, 9.17) is 0 Å². The van der Waals surface area contributed by atoms with E-state index in [1.807, 2.05) is 52.1 Å². The van der Waals surface area contributed by atoms with Crippen molar-refractivity contribution in [1.82, 2.24) is 14.8 Å². The molecule has 0 aliphatic rings. The maximum Gasteiger partial charge on any atom is 0.256 e. The molecule has 3 rings (SSSR count). The maximum atomic E-state index is 12.7. The van der Waals surface area contributed by atoms with Crippen molar-refractivity contribution in [2.45, 2.75) is 20.8 Å². The summed E-state index contributed by atoms with van der Waals surface area (Å²) in [7, 11) is 1.84. The number of nitrogens with zero attached hydrogens (tertiary/aromatic N) is 3. The van der Waals surface area contributed by atoms with Gasteiger partial charge in [0.25, 0.3) is 5.91 Å². The van der Waals surface area contributed by atoms with Gasteiger partial charge in [0.1, 0.15) is 0 Å². The average molecular weight is 294 g/mol. The molecule has 0 spiro atoms. The molecule has 22 heavy (non-hydrogen) atoms. The topological polar surface area (TPSA) is 59.8 Å². The third-order valence-corrected chi connectivity index (χ3v) is 3.65. The number of anilines is 1. The van der Waals surface area contributed by atoms with Crippen LogP contribution < -0.4 is 5.32 Å². The Morgan fingerprint density at radius 2 is 1.82 bits per heavy atom. The Bertz CT molecular complexity index is 862. The molecule has 1 aromatic carbocycles. The Balaban J connectivity index is 2.05. The number of aryl methyl sites for hydroxylation is 4. The van der Waals surface area contributed by atoms with Gasteiger partial charge in [0, 0.05) is 18.4 Å². The third kappa shape index (κ3) is 2.45. The molecule has 0 bridgehead atoms. The van der Waals surface area contributed by atoms with Crippen molar-refractivity contribution in [1.29, 1.82) is 0 Å². The van der Waals surface area contributed by atoms with Crippen molar-refractivity contribution in [2.75, 3.05) is 5.32 Å². The second-order valence-electron chi connectivity index (χ2n) is 5.54. The molecule has 0 saturated carbocycles. The molecule has 2 heterocycles. The van der Waals surface area contributed by atoms with E-state index in [2.05, 4.69) is 15.4 Å². The Morgan fingerprint density at radius 1 is 1.14 bits per heavy atom. The number of amides is 1. The van der Waals surface area contributed by atoms with E-state index in [0.29, 0.717) is 5.56 Å². The normalized spacial score (nSPS) is 10.9. The minimum absolute atomic E-state index is 0.143. The Kier molecular flexibility index (Phi) is 3.41. The van der Waals surface area contributed by atoms with Gasteiger partial charge in [-0.05, 0) is 39.0 Å². The van der Waals surface area contributed by atoms with Crippen LogP contribution in [-0.4, -0.2) is 20.7 Å². The lowest BCUT2D eigenvalue weighted by Crippen LogP contribution is -2.13. The van der Waals surface area contributed by atoms with Gasteiger partial charge < -0.3 is 5.32 Å². The van der Waals surface area contributed by atoms with Crippen LogP contribution in [-0.2, 0) is 7.05 Å². The molecule has 3 aromatic rings. The summed E-state index contributed by atoms with van der Waals surface area (Å²) in [6.07, 6.45) is 0. The fraction of sp³-hybridized carbons (Fsp3) is 0.235. The number of hydrogen-bond acceptors (Lipinski definition) is 3. The first-order valence-corrected chi connectivity index (χ1v) is 7.14. The van der Waals surface area contributed by atoms with Crippen molar-refractivity contribution in [2.24, 2.45) is 7.05 Å². The lowest BCUT2D eigenvalue weighted by molar-refractivity contribution is 0.102. The first kappa shape index (κ1) is 14.3. The molecule has 0 fully saturated rings. The van der Waals surface area contributed by atoms with E-state index in [1.54, 1.807) is 10.7 Å². The van der Waals surface area contributed by atoms with Gasteiger partial charge in [-0.2, -0.15) is 5.10 Å². The molecule has 1 amide bonds. The molecule has 112 valence electrons. The van der Waals surface area contributed by atoms with Crippen LogP contribution in [0.4, 0.5) is 5.69 Å². The summed E-state index contributed by atoms with van der Waals surface area (Å²) in [5, 5.41) is 8.11. The third-order valence-electron chi connectivity index (χ3n) is 3.65. The Morgan fingerprint density at radius 3 is 2.50 bits per heavy atom. The van der Waals surface area contributed by atoms with Gasteiger partial charge >= 0.3 is 0 Å². The molecular formula is C17H18N4O. The first-order valence-electron chi connectivity index (χ1n) is 7.14. The van der Waals surface area contributed by atoms with Crippen LogP contribution in [0, 0.1) is 20.8 Å². The molecule has 5 nitrogen and oxygen atoms in total. The largest absolute Gasteiger partial charge is 0.322 e. The number of carbonyl (C=O) groups is 1. The number of hydrogen-bond donors (Lipinski definition) is 1. The van der Waals surface area contributed by atoms with E-state index in [0.717, 1.165) is 33.7 Å². The highest BCUT2D eigenvalue weighted by molar-refractivity contribution is 6.12. The molecule has 2 aromatic heterocycles. The van der Waals surface area contributed by atoms with Crippen molar-refractivity contribution >= 4 is 22.6 Å². The standard InChI is InChI=1S/C17H18N4O/c1-10-5-7-13(8-6-10)19-17(22)14-9-11(2)18-16-15(14)12(3)20-21(16)4/h5-9H,1-4H3,(H,19,22). The number of benzene rings is 1. The zero-order valence-electron chi connectivity index (χ0n) is 13.1. The van der Waals surface area contributed by atoms with Crippen LogP contribution in [0.5, 0.6) is 0 Å². The maximum absolute atomic E-state index is 12.7. The molecule has 1 N–H and O–H groups in total. The minimum atomic E-state index is -0.143. The van der Waals surface area contributed by atoms with Gasteiger partial charge in [-0.3, -0.25) is 9.48 Å². The van der Waals surface area contributed by atoms with Crippen LogP contribution in [0.1, 0.15) is 27.3 Å². The second kappa shape index (κ2) is 5.26. The molecule has 0 atom stereocenters. The van der Waals surface area contributed by atoms with Gasteiger partial charge in [-0.25, -0.2) is 4.98 Å². The van der Waals surface area contributed by atoms with E-state index in [-0.39, 0.29) is 5.91 Å². The van der Waals surface area contributed by atoms with Gasteiger partial charge in [0.15, 0.2) is 5.65 Å². The molecule has 0 aliphatic heterocycles. The summed E-state index contributed by atoms with van der Waals surface area (Å²) in [5.41, 5.74) is 4.87. The molecular weight excluding hydrogens is 276 g/mol. The fourth-order valence-electron chi connectivity index (χ4n) is 2.58. The number of pyridine rings is 1. The highest BCUT2D eigenvalue weighted by Gasteiger charge is 2.17. The summed E-state index contributed by atoms with van der Waals surface area (Å²) in [6.45, 7) is 5.78. The number of fused-ring (bicyclic) bond motifs is 1. The van der Waals surface area contributed by atoms with Crippen molar-refractivity contribution < 1.29 is 4.79 Å². The molecule has 0 saturated heterocycles. The van der Waals surface area contributed by atoms with E-state index in [9.17, 15) is 4.79 Å². The quantitative estimate of drug-likeness (QED) is 0.790. The highest BCUT2D eigenvalue weighted by atomic mass is 16.1. The van der Waals surface area contributed by atoms with Crippen molar-refractivity contribution in [3.63, 3.8) is 0 Å². The lowest BCUT2D eigenvalue weighted by atomic mass is 10.1.